The summed E-state index contributed by atoms with van der Waals surface area (Å²) in [6.07, 6.45) is 4.83. The van der Waals surface area contributed by atoms with Crippen molar-refractivity contribution in [2.24, 2.45) is 0 Å². The number of carbonyl (C=O) groups is 1. The van der Waals surface area contributed by atoms with E-state index < -0.39 is 18.9 Å². The molecule has 0 bridgehead atoms. The van der Waals surface area contributed by atoms with Gasteiger partial charge in [0.25, 0.3) is 5.91 Å². The van der Waals surface area contributed by atoms with Gasteiger partial charge in [-0.15, -0.1) is 0 Å². The molecule has 5 rings (SSSR count). The van der Waals surface area contributed by atoms with Crippen molar-refractivity contribution in [1.29, 1.82) is 0 Å². The number of aromatic nitrogens is 4. The van der Waals surface area contributed by atoms with E-state index in [1.807, 2.05) is 6.07 Å². The van der Waals surface area contributed by atoms with E-state index in [1.54, 1.807) is 38.7 Å². The lowest BCUT2D eigenvalue weighted by atomic mass is 10.1. The Kier molecular flexibility index (Phi) is 6.04. The molecule has 1 fully saturated rings. The number of carbonyl (C=O) groups excluding carboxylic acids is 1. The number of hydrogen-bond donors (Lipinski definition) is 2. The molecule has 1 aliphatic rings. The monoisotopic (exact) mass is 509 g/mol. The summed E-state index contributed by atoms with van der Waals surface area (Å²) >= 11 is 0. The molecule has 2 atom stereocenters. The number of pyridine rings is 1. The molecule has 1 aromatic carbocycles. The third-order valence-electron chi connectivity index (χ3n) is 6.24. The number of hydrogen-bond acceptors (Lipinski definition) is 7. The largest absolute Gasteiger partial charge is 0.367 e. The van der Waals surface area contributed by atoms with Gasteiger partial charge in [-0.25, -0.2) is 19.3 Å². The van der Waals surface area contributed by atoms with Gasteiger partial charge in [-0.2, -0.15) is 0 Å². The van der Waals surface area contributed by atoms with Crippen LogP contribution in [0.2, 0.25) is 0 Å². The fourth-order valence-electron chi connectivity index (χ4n) is 4.74. The van der Waals surface area contributed by atoms with Crippen LogP contribution in [0.4, 0.5) is 15.8 Å². The van der Waals surface area contributed by atoms with E-state index in [-0.39, 0.29) is 29.0 Å². The topological polar surface area (TPSA) is 105 Å². The van der Waals surface area contributed by atoms with E-state index in [0.717, 1.165) is 18.8 Å². The van der Waals surface area contributed by atoms with E-state index in [9.17, 15) is 13.8 Å². The Morgan fingerprint density at radius 2 is 1.86 bits per heavy atom. The van der Waals surface area contributed by atoms with E-state index in [0.29, 0.717) is 22.2 Å². The number of amides is 1. The van der Waals surface area contributed by atoms with Crippen LogP contribution in [0, 0.1) is 12.7 Å². The number of rotatable bonds is 4. The first kappa shape index (κ1) is 24.3. The third kappa shape index (κ3) is 4.58. The quantitative estimate of drug-likeness (QED) is 0.406. The maximum absolute atomic E-state index is 14.6. The Morgan fingerprint density at radius 1 is 1.14 bits per heavy atom. The van der Waals surface area contributed by atoms with Crippen molar-refractivity contribution in [1.82, 2.24) is 24.7 Å². The average molecular weight is 510 g/mol. The second kappa shape index (κ2) is 8.94. The first-order chi connectivity index (χ1) is 17.0. The highest BCUT2D eigenvalue weighted by Gasteiger charge is 2.26. The van der Waals surface area contributed by atoms with Crippen molar-refractivity contribution in [3.8, 4) is 0 Å². The van der Waals surface area contributed by atoms with Crippen LogP contribution in [-0.4, -0.2) is 63.8 Å². The molecule has 11 heteroatoms. The van der Waals surface area contributed by atoms with Crippen LogP contribution in [-0.2, 0) is 4.57 Å². The van der Waals surface area contributed by atoms with Gasteiger partial charge in [0.15, 0.2) is 11.5 Å². The van der Waals surface area contributed by atoms with Crippen LogP contribution >= 0.6 is 7.14 Å². The number of fused-ring (bicyclic) bond motifs is 2. The predicted molar refractivity (Wildman–Crippen MR) is 141 cm³/mol. The van der Waals surface area contributed by atoms with Crippen LogP contribution in [0.5, 0.6) is 0 Å². The van der Waals surface area contributed by atoms with Crippen LogP contribution in [0.25, 0.3) is 16.7 Å². The van der Waals surface area contributed by atoms with Gasteiger partial charge >= 0.3 is 0 Å². The van der Waals surface area contributed by atoms with Crippen molar-refractivity contribution >= 4 is 46.5 Å². The zero-order chi connectivity index (χ0) is 25.8. The highest BCUT2D eigenvalue weighted by atomic mass is 31.2. The molecule has 4 aromatic rings. The number of imidazole rings is 1. The predicted octanol–water partition coefficient (Wildman–Crippen LogP) is 3.41. The number of anilines is 2. The Hall–Kier alpha value is -3.36. The average Bonchev–Trinajstić information content (AvgIpc) is 3.17. The molecule has 188 valence electrons. The van der Waals surface area contributed by atoms with Crippen LogP contribution in [0.15, 0.2) is 36.8 Å². The summed E-state index contributed by atoms with van der Waals surface area (Å²) in [7, 11) is -2.73. The smallest absolute Gasteiger partial charge is 0.257 e. The summed E-state index contributed by atoms with van der Waals surface area (Å²) in [6.45, 7) is 10.8. The van der Waals surface area contributed by atoms with Gasteiger partial charge in [-0.05, 0) is 46.2 Å². The number of nitrogens with zero attached hydrogens (tertiary/aromatic N) is 5. The Labute approximate surface area is 208 Å². The van der Waals surface area contributed by atoms with Gasteiger partial charge in [0.05, 0.1) is 28.8 Å². The summed E-state index contributed by atoms with van der Waals surface area (Å²) in [6, 6.07) is 5.37. The lowest BCUT2D eigenvalue weighted by Crippen LogP contribution is -2.54. The number of piperazine rings is 1. The Bertz CT molecular complexity index is 1540. The zero-order valence-corrected chi connectivity index (χ0v) is 21.8. The van der Waals surface area contributed by atoms with E-state index in [4.69, 9.17) is 0 Å². The minimum atomic E-state index is -2.73. The lowest BCUT2D eigenvalue weighted by Gasteiger charge is -2.38. The van der Waals surface area contributed by atoms with Crippen molar-refractivity contribution < 1.29 is 13.8 Å². The molecule has 0 radical (unpaired) electrons. The summed E-state index contributed by atoms with van der Waals surface area (Å²) in [5.41, 5.74) is 3.56. The number of nitrogens with one attached hydrogen (secondary N) is 2. The summed E-state index contributed by atoms with van der Waals surface area (Å²) in [5, 5.41) is 6.29. The molecule has 9 nitrogen and oxygen atoms in total. The summed E-state index contributed by atoms with van der Waals surface area (Å²) < 4.78 is 28.9. The zero-order valence-electron chi connectivity index (χ0n) is 20.9. The number of halogens is 1. The molecule has 2 unspecified atom stereocenters. The van der Waals surface area contributed by atoms with Gasteiger partial charge in [0.1, 0.15) is 23.6 Å². The third-order valence-corrected chi connectivity index (χ3v) is 7.56. The molecule has 0 saturated carbocycles. The molecular formula is C25H29FN7O2P. The highest BCUT2D eigenvalue weighted by molar-refractivity contribution is 7.69. The summed E-state index contributed by atoms with van der Waals surface area (Å²) in [4.78, 5) is 29.1. The van der Waals surface area contributed by atoms with Gasteiger partial charge in [-0.3, -0.25) is 4.79 Å². The van der Waals surface area contributed by atoms with Gasteiger partial charge in [0.2, 0.25) is 0 Å². The molecule has 1 aliphatic heterocycles. The molecule has 1 saturated heterocycles. The van der Waals surface area contributed by atoms with Crippen LogP contribution in [0.3, 0.4) is 0 Å². The normalized spacial score (nSPS) is 18.7. The van der Waals surface area contributed by atoms with E-state index in [2.05, 4.69) is 44.3 Å². The fraction of sp³-hybridized carbons (Fsp3) is 0.360. The molecule has 4 heterocycles. The molecule has 36 heavy (non-hydrogen) atoms. The highest BCUT2D eigenvalue weighted by Crippen LogP contribution is 2.35. The van der Waals surface area contributed by atoms with Gasteiger partial charge in [0, 0.05) is 43.6 Å². The molecule has 0 spiro atoms. The minimum Gasteiger partial charge on any atom is -0.367 e. The standard InChI is InChI=1S/C25H29FN7O2P/c1-14-10-32(11-15(2)28-14)20-7-6-18(22-23(20)27-9-21(31-22)36(4,5)35)25(34)30-17-8-19(26)24-29-16(3)12-33(24)13-17/h6-9,12-15,28H,10-11H2,1-5H3,(H,30,34). The Balaban J connectivity index is 1.59. The van der Waals surface area contributed by atoms with Crippen molar-refractivity contribution in [3.63, 3.8) is 0 Å². The molecule has 1 amide bonds. The second-order valence-corrected chi connectivity index (χ2v) is 13.1. The molecule has 2 N–H and O–H groups in total. The van der Waals surface area contributed by atoms with Crippen molar-refractivity contribution in [2.75, 3.05) is 36.6 Å². The molecular weight excluding hydrogens is 480 g/mol. The molecule has 3 aromatic heterocycles. The number of aryl methyl sites for hydroxylation is 1. The van der Waals surface area contributed by atoms with Crippen LogP contribution in [0.1, 0.15) is 29.9 Å². The lowest BCUT2D eigenvalue weighted by molar-refractivity contribution is 0.102. The maximum atomic E-state index is 14.6. The van der Waals surface area contributed by atoms with Crippen molar-refractivity contribution in [2.45, 2.75) is 32.9 Å². The first-order valence-electron chi connectivity index (χ1n) is 11.8. The van der Waals surface area contributed by atoms with Gasteiger partial charge < -0.3 is 24.5 Å². The SMILES string of the molecule is Cc1cn2cc(NC(=O)c3ccc(N4CC(C)NC(C)C4)c4ncc(P(C)(C)=O)nc34)cc(F)c2n1. The summed E-state index contributed by atoms with van der Waals surface area (Å²) in [5.74, 6) is -0.999. The Morgan fingerprint density at radius 3 is 2.56 bits per heavy atom. The second-order valence-electron chi connectivity index (χ2n) is 9.93. The van der Waals surface area contributed by atoms with E-state index in [1.165, 1.54) is 16.7 Å². The number of benzene rings is 1. The fourth-order valence-corrected chi connectivity index (χ4v) is 5.42. The molecule has 0 aliphatic carbocycles. The van der Waals surface area contributed by atoms with Gasteiger partial charge in [-0.1, -0.05) is 0 Å². The van der Waals surface area contributed by atoms with E-state index >= 15 is 0 Å². The van der Waals surface area contributed by atoms with Crippen molar-refractivity contribution in [3.05, 3.63) is 53.9 Å². The first-order valence-corrected chi connectivity index (χ1v) is 14.4. The maximum Gasteiger partial charge on any atom is 0.257 e. The van der Waals surface area contributed by atoms with Crippen LogP contribution < -0.4 is 21.0 Å². The minimum absolute atomic E-state index is 0.192.